The van der Waals surface area contributed by atoms with Crippen LogP contribution in [0.5, 0.6) is 0 Å². The van der Waals surface area contributed by atoms with Crippen molar-refractivity contribution in [2.45, 2.75) is 31.3 Å². The van der Waals surface area contributed by atoms with Crippen LogP contribution in [0.2, 0.25) is 0 Å². The van der Waals surface area contributed by atoms with Gasteiger partial charge >= 0.3 is 0 Å². The first-order valence-corrected chi connectivity index (χ1v) is 8.23. The summed E-state index contributed by atoms with van der Waals surface area (Å²) in [5.41, 5.74) is 0. The van der Waals surface area contributed by atoms with E-state index >= 15 is 0 Å². The first-order chi connectivity index (χ1) is 9.44. The van der Waals surface area contributed by atoms with Crippen molar-refractivity contribution in [1.82, 2.24) is 30.7 Å². The number of rotatable bonds is 6. The SMILES string of the molecule is CNCc1cc(S(=O)(=O)NC(C)c2nn[nH]n2)c(C)s1. The standard InChI is InChI=1S/C10H16N6O2S2/c1-6(10-12-15-16-13-10)14-20(17,18)9-4-8(5-11-3)19-7(9)2/h4,6,11,14H,5H2,1-3H3,(H,12,13,15,16). The van der Waals surface area contributed by atoms with Gasteiger partial charge in [0.05, 0.1) is 10.9 Å². The van der Waals surface area contributed by atoms with E-state index in [4.69, 9.17) is 0 Å². The maximum absolute atomic E-state index is 12.4. The summed E-state index contributed by atoms with van der Waals surface area (Å²) in [6, 6.07) is 1.13. The third kappa shape index (κ3) is 3.20. The van der Waals surface area contributed by atoms with Crippen molar-refractivity contribution in [1.29, 1.82) is 0 Å². The highest BCUT2D eigenvalue weighted by Gasteiger charge is 2.24. The van der Waals surface area contributed by atoms with E-state index in [-0.39, 0.29) is 0 Å². The van der Waals surface area contributed by atoms with Gasteiger partial charge in [0.25, 0.3) is 0 Å². The molecule has 2 heterocycles. The molecule has 8 nitrogen and oxygen atoms in total. The molecule has 3 N–H and O–H groups in total. The number of nitrogens with one attached hydrogen (secondary N) is 3. The summed E-state index contributed by atoms with van der Waals surface area (Å²) in [6.07, 6.45) is 0. The van der Waals surface area contributed by atoms with Gasteiger partial charge < -0.3 is 5.32 Å². The molecule has 0 saturated heterocycles. The Bertz CT molecular complexity index is 664. The Morgan fingerprint density at radius 1 is 1.50 bits per heavy atom. The Hall–Kier alpha value is -1.36. The number of hydrogen-bond donors (Lipinski definition) is 3. The maximum atomic E-state index is 12.4. The van der Waals surface area contributed by atoms with Crippen LogP contribution in [-0.2, 0) is 16.6 Å². The molecule has 0 spiro atoms. The number of tetrazole rings is 1. The lowest BCUT2D eigenvalue weighted by Crippen LogP contribution is -2.27. The highest BCUT2D eigenvalue weighted by Crippen LogP contribution is 2.26. The zero-order chi connectivity index (χ0) is 14.8. The third-order valence-corrected chi connectivity index (χ3v) is 5.49. The summed E-state index contributed by atoms with van der Waals surface area (Å²) < 4.78 is 27.3. The molecule has 0 aliphatic carbocycles. The van der Waals surface area contributed by atoms with Crippen LogP contribution < -0.4 is 10.0 Å². The Kier molecular flexibility index (Phi) is 4.48. The summed E-state index contributed by atoms with van der Waals surface area (Å²) >= 11 is 1.46. The van der Waals surface area contributed by atoms with Crippen molar-refractivity contribution < 1.29 is 8.42 Å². The van der Waals surface area contributed by atoms with Crippen molar-refractivity contribution in [3.8, 4) is 0 Å². The largest absolute Gasteiger partial charge is 0.315 e. The van der Waals surface area contributed by atoms with E-state index in [0.717, 1.165) is 9.75 Å². The van der Waals surface area contributed by atoms with E-state index in [9.17, 15) is 8.42 Å². The monoisotopic (exact) mass is 316 g/mol. The smallest absolute Gasteiger partial charge is 0.242 e. The van der Waals surface area contributed by atoms with Gasteiger partial charge in [0.15, 0.2) is 5.82 Å². The molecule has 110 valence electrons. The fraction of sp³-hybridized carbons (Fsp3) is 0.500. The van der Waals surface area contributed by atoms with Crippen LogP contribution in [-0.4, -0.2) is 36.1 Å². The highest BCUT2D eigenvalue weighted by molar-refractivity contribution is 7.89. The summed E-state index contributed by atoms with van der Waals surface area (Å²) in [4.78, 5) is 2.02. The lowest BCUT2D eigenvalue weighted by atomic mass is 10.4. The molecule has 0 fully saturated rings. The second kappa shape index (κ2) is 5.95. The molecule has 0 aliphatic rings. The second-order valence-corrected chi connectivity index (χ2v) is 7.30. The molecule has 2 rings (SSSR count). The zero-order valence-electron chi connectivity index (χ0n) is 11.3. The van der Waals surface area contributed by atoms with Crippen LogP contribution >= 0.6 is 11.3 Å². The first-order valence-electron chi connectivity index (χ1n) is 5.93. The van der Waals surface area contributed by atoms with Crippen LogP contribution in [0.15, 0.2) is 11.0 Å². The Morgan fingerprint density at radius 3 is 2.85 bits per heavy atom. The average molecular weight is 316 g/mol. The van der Waals surface area contributed by atoms with E-state index in [0.29, 0.717) is 17.3 Å². The minimum Gasteiger partial charge on any atom is -0.315 e. The van der Waals surface area contributed by atoms with Gasteiger partial charge in [-0.2, -0.15) is 5.21 Å². The Balaban J connectivity index is 2.22. The second-order valence-electron chi connectivity index (χ2n) is 4.28. The molecule has 2 aromatic heterocycles. The van der Waals surface area contributed by atoms with Crippen molar-refractivity contribution in [3.05, 3.63) is 21.6 Å². The van der Waals surface area contributed by atoms with Gasteiger partial charge in [-0.05, 0) is 27.0 Å². The van der Waals surface area contributed by atoms with Gasteiger partial charge in [-0.25, -0.2) is 13.1 Å². The number of sulfonamides is 1. The van der Waals surface area contributed by atoms with E-state index < -0.39 is 16.1 Å². The summed E-state index contributed by atoms with van der Waals surface area (Å²) in [6.45, 7) is 4.09. The number of hydrogen-bond acceptors (Lipinski definition) is 7. The number of thiophene rings is 1. The van der Waals surface area contributed by atoms with Crippen LogP contribution in [0.4, 0.5) is 0 Å². The summed E-state index contributed by atoms with van der Waals surface area (Å²) in [5, 5.41) is 16.3. The molecular weight excluding hydrogens is 300 g/mol. The Morgan fingerprint density at radius 2 is 2.25 bits per heavy atom. The minimum absolute atomic E-state index is 0.295. The summed E-state index contributed by atoms with van der Waals surface area (Å²) in [5.74, 6) is 0.303. The van der Waals surface area contributed by atoms with Gasteiger partial charge in [0.1, 0.15) is 0 Å². The molecule has 2 aromatic rings. The van der Waals surface area contributed by atoms with Crippen LogP contribution in [0.1, 0.15) is 28.5 Å². The third-order valence-electron chi connectivity index (χ3n) is 2.64. The van der Waals surface area contributed by atoms with Crippen LogP contribution in [0.25, 0.3) is 0 Å². The van der Waals surface area contributed by atoms with Gasteiger partial charge in [-0.1, -0.05) is 5.21 Å². The van der Waals surface area contributed by atoms with Crippen LogP contribution in [0.3, 0.4) is 0 Å². The molecule has 20 heavy (non-hydrogen) atoms. The fourth-order valence-corrected chi connectivity index (χ4v) is 4.60. The Labute approximate surface area is 121 Å². The normalized spacial score (nSPS) is 13.6. The maximum Gasteiger partial charge on any atom is 0.242 e. The number of aromatic amines is 1. The van der Waals surface area contributed by atoms with E-state index in [1.165, 1.54) is 11.3 Å². The molecule has 0 aliphatic heterocycles. The molecule has 1 atom stereocenters. The van der Waals surface area contributed by atoms with Gasteiger partial charge in [0, 0.05) is 16.3 Å². The fourth-order valence-electron chi connectivity index (χ4n) is 1.75. The number of nitrogens with zero attached hydrogens (tertiary/aromatic N) is 3. The van der Waals surface area contributed by atoms with Gasteiger partial charge in [0.2, 0.25) is 10.0 Å². The van der Waals surface area contributed by atoms with E-state index in [1.807, 2.05) is 7.05 Å². The van der Waals surface area contributed by atoms with Crippen LogP contribution in [0, 0.1) is 6.92 Å². The van der Waals surface area contributed by atoms with Crippen molar-refractivity contribution in [3.63, 3.8) is 0 Å². The predicted octanol–water partition coefficient (Wildman–Crippen LogP) is 0.329. The minimum atomic E-state index is -3.60. The lowest BCUT2D eigenvalue weighted by molar-refractivity contribution is 0.559. The number of H-pyrrole nitrogens is 1. The first kappa shape index (κ1) is 15.0. The van der Waals surface area contributed by atoms with E-state index in [2.05, 4.69) is 30.7 Å². The highest BCUT2D eigenvalue weighted by atomic mass is 32.2. The topological polar surface area (TPSA) is 113 Å². The molecule has 0 bridgehead atoms. The van der Waals surface area contributed by atoms with Gasteiger partial charge in [-0.3, -0.25) is 0 Å². The van der Waals surface area contributed by atoms with Gasteiger partial charge in [-0.15, -0.1) is 21.5 Å². The predicted molar refractivity (Wildman–Crippen MR) is 74.7 cm³/mol. The molecular formula is C10H16N6O2S2. The number of aryl methyl sites for hydroxylation is 1. The van der Waals surface area contributed by atoms with Crippen molar-refractivity contribution >= 4 is 21.4 Å². The molecule has 0 saturated carbocycles. The lowest BCUT2D eigenvalue weighted by Gasteiger charge is -2.10. The molecule has 0 aromatic carbocycles. The van der Waals surface area contributed by atoms with E-state index in [1.54, 1.807) is 19.9 Å². The molecule has 0 amide bonds. The molecule has 1 unspecified atom stereocenters. The van der Waals surface area contributed by atoms with Crippen molar-refractivity contribution in [2.24, 2.45) is 0 Å². The quantitative estimate of drug-likeness (QED) is 0.708. The zero-order valence-corrected chi connectivity index (χ0v) is 13.0. The summed E-state index contributed by atoms with van der Waals surface area (Å²) in [7, 11) is -1.78. The number of aromatic nitrogens is 4. The molecule has 0 radical (unpaired) electrons. The average Bonchev–Trinajstić information content (AvgIpc) is 2.98. The van der Waals surface area contributed by atoms with Crippen molar-refractivity contribution in [2.75, 3.05) is 7.05 Å². The molecule has 10 heteroatoms.